The molecular formula is C60H70B2F4N4S4. The number of aryl methyl sites for hydroxylation is 2. The number of halogens is 4. The molecule has 6 aromatic heterocycles. The van der Waals surface area contributed by atoms with E-state index in [1.807, 2.05) is 47.0 Å². The number of hydrogen-bond donors (Lipinski definition) is 0. The number of unbranched alkanes of at least 4 members (excludes halogenated alkanes) is 18. The number of aromatic nitrogens is 2. The van der Waals surface area contributed by atoms with E-state index in [4.69, 9.17) is 0 Å². The maximum atomic E-state index is 15.7. The molecule has 0 fully saturated rings. The van der Waals surface area contributed by atoms with E-state index in [1.54, 1.807) is 47.0 Å². The van der Waals surface area contributed by atoms with Crippen LogP contribution in [0.3, 0.4) is 0 Å². The molecule has 0 N–H and O–H groups in total. The average Bonchev–Trinajstić information content (AvgIpc) is 4.25. The Bertz CT molecular complexity index is 2940. The Balaban J connectivity index is 0.922. The van der Waals surface area contributed by atoms with Crippen LogP contribution in [0.2, 0.25) is 0 Å². The van der Waals surface area contributed by atoms with Gasteiger partial charge in [0.15, 0.2) is 11.4 Å². The summed E-state index contributed by atoms with van der Waals surface area (Å²) >= 11 is 7.04. The Morgan fingerprint density at radius 2 is 0.811 bits per heavy atom. The molecule has 10 rings (SSSR count). The molecule has 0 aromatic carbocycles. The van der Waals surface area contributed by atoms with Gasteiger partial charge in [0.05, 0.1) is 11.1 Å². The molecule has 4 aliphatic heterocycles. The molecule has 6 aromatic rings. The van der Waals surface area contributed by atoms with Gasteiger partial charge in [0, 0.05) is 74.7 Å². The summed E-state index contributed by atoms with van der Waals surface area (Å²) in [6.07, 6.45) is 45.7. The number of nitrogens with zero attached hydrogens (tertiary/aromatic N) is 4. The van der Waals surface area contributed by atoms with Crippen molar-refractivity contribution in [3.05, 3.63) is 151 Å². The molecule has 388 valence electrons. The van der Waals surface area contributed by atoms with E-state index >= 15 is 17.3 Å². The fraction of sp³-hybridized carbons (Fsp3) is 0.400. The molecule has 0 bridgehead atoms. The zero-order valence-electron chi connectivity index (χ0n) is 43.2. The molecule has 0 amide bonds. The molecule has 10 heterocycles. The third-order valence-corrected chi connectivity index (χ3v) is 20.2. The van der Waals surface area contributed by atoms with Crippen molar-refractivity contribution < 1.29 is 26.2 Å². The fourth-order valence-electron chi connectivity index (χ4n) is 11.3. The lowest BCUT2D eigenvalue weighted by Gasteiger charge is -2.30. The summed E-state index contributed by atoms with van der Waals surface area (Å²) in [4.78, 5) is 9.23. The Morgan fingerprint density at radius 3 is 1.20 bits per heavy atom. The fourth-order valence-corrected chi connectivity index (χ4v) is 15.8. The standard InChI is InChI=1S/C60H70B2F4N4S4/c1-3-5-7-9-11-13-15-17-19-21-27-45-43-57(53-35-37-55(73-53)59-47-29-23-39-67(47)61(63,64)68-40-24-30-48(59)68)71-51(45)33-34-52-46(28-22-20-18-16-14-12-10-8-6-4-2)44-58(72-52)54-36-38-56(74-54)60-49-31-25-41-69(49)62(65,66)70-42-26-32-50(60)70/h23-26,29-44H,3-22,27-28H2,1-2H3/b34-33+. The van der Waals surface area contributed by atoms with Gasteiger partial charge >= 0.3 is 13.9 Å². The van der Waals surface area contributed by atoms with E-state index in [1.165, 1.54) is 171 Å². The van der Waals surface area contributed by atoms with Crippen LogP contribution in [0.25, 0.3) is 42.8 Å². The number of rotatable bonds is 28. The SMILES string of the molecule is CCCCCCCCCCCCc1cc(-c2ccc(C3=C4C=CC=[N+]4[B-](F)(F)n4cccc43)s2)sc1/C=C/c1sc(-c2ccc(C3=C4C=CC=[N+]4[B-](F)(F)n4cccc43)s2)cc1CCCCCCCCCCCC. The molecule has 0 radical (unpaired) electrons. The van der Waals surface area contributed by atoms with Crippen molar-refractivity contribution in [2.45, 2.75) is 155 Å². The van der Waals surface area contributed by atoms with Crippen molar-refractivity contribution in [2.24, 2.45) is 0 Å². The third kappa shape index (κ3) is 11.2. The molecule has 0 aliphatic carbocycles. The Kier molecular flexibility index (Phi) is 17.1. The van der Waals surface area contributed by atoms with Crippen LogP contribution in [-0.4, -0.2) is 44.3 Å². The van der Waals surface area contributed by atoms with Crippen molar-refractivity contribution in [2.75, 3.05) is 0 Å². The van der Waals surface area contributed by atoms with Crippen LogP contribution in [0.15, 0.2) is 109 Å². The molecule has 4 aliphatic rings. The van der Waals surface area contributed by atoms with Crippen LogP contribution in [0, 0.1) is 0 Å². The van der Waals surface area contributed by atoms with Gasteiger partial charge in [-0.25, -0.2) is 0 Å². The zero-order chi connectivity index (χ0) is 51.1. The maximum absolute atomic E-state index is 15.7. The summed E-state index contributed by atoms with van der Waals surface area (Å²) < 4.78 is 67.3. The van der Waals surface area contributed by atoms with Crippen molar-refractivity contribution in [3.63, 3.8) is 0 Å². The van der Waals surface area contributed by atoms with Crippen LogP contribution in [0.5, 0.6) is 0 Å². The minimum Gasteiger partial charge on any atom is -0.396 e. The highest BCUT2D eigenvalue weighted by Crippen LogP contribution is 2.47. The van der Waals surface area contributed by atoms with Gasteiger partial charge in [-0.1, -0.05) is 129 Å². The highest BCUT2D eigenvalue weighted by atomic mass is 32.1. The lowest BCUT2D eigenvalue weighted by Crippen LogP contribution is -2.49. The Hall–Kier alpha value is -4.75. The first-order valence-corrected chi connectivity index (χ1v) is 31.1. The molecular weight excluding hydrogens is 1000 g/mol. The Labute approximate surface area is 452 Å². The lowest BCUT2D eigenvalue weighted by molar-refractivity contribution is -0.356. The smallest absolute Gasteiger partial charge is 0.396 e. The first-order valence-electron chi connectivity index (χ1n) is 27.8. The van der Waals surface area contributed by atoms with Crippen molar-refractivity contribution in [1.82, 2.24) is 8.96 Å². The van der Waals surface area contributed by atoms with Gasteiger partial charge < -0.3 is 35.2 Å². The third-order valence-electron chi connectivity index (χ3n) is 15.3. The van der Waals surface area contributed by atoms with E-state index < -0.39 is 13.9 Å². The number of allylic oxidation sites excluding steroid dienone is 4. The van der Waals surface area contributed by atoms with Gasteiger partial charge in [0.25, 0.3) is 0 Å². The van der Waals surface area contributed by atoms with Gasteiger partial charge in [-0.3, -0.25) is 0 Å². The normalized spacial score (nSPS) is 16.2. The zero-order valence-corrected chi connectivity index (χ0v) is 46.5. The van der Waals surface area contributed by atoms with Crippen LogP contribution in [0.4, 0.5) is 17.3 Å². The van der Waals surface area contributed by atoms with Crippen molar-refractivity contribution >= 4 is 95.0 Å². The molecule has 0 spiro atoms. The second kappa shape index (κ2) is 24.1. The van der Waals surface area contributed by atoms with E-state index in [-0.39, 0.29) is 0 Å². The number of hydrogen-bond acceptors (Lipinski definition) is 4. The molecule has 14 heteroatoms. The Morgan fingerprint density at radius 1 is 0.446 bits per heavy atom. The van der Waals surface area contributed by atoms with Gasteiger partial charge in [0.1, 0.15) is 12.4 Å². The molecule has 0 unspecified atom stereocenters. The summed E-state index contributed by atoms with van der Waals surface area (Å²) in [5.41, 5.74) is 6.64. The van der Waals surface area contributed by atoms with Crippen LogP contribution >= 0.6 is 45.3 Å². The topological polar surface area (TPSA) is 15.9 Å². The molecule has 0 saturated carbocycles. The summed E-state index contributed by atoms with van der Waals surface area (Å²) in [6, 6.07) is 20.4. The second-order valence-corrected chi connectivity index (χ2v) is 25.0. The largest absolute Gasteiger partial charge is 0.737 e. The van der Waals surface area contributed by atoms with E-state index in [0.29, 0.717) is 22.8 Å². The lowest BCUT2D eigenvalue weighted by atomic mass is 9.88. The number of fused-ring (bicyclic) bond motifs is 4. The van der Waals surface area contributed by atoms with Crippen molar-refractivity contribution in [3.8, 4) is 19.5 Å². The minimum atomic E-state index is -3.96. The van der Waals surface area contributed by atoms with Crippen LogP contribution < -0.4 is 0 Å². The van der Waals surface area contributed by atoms with E-state index in [0.717, 1.165) is 74.3 Å². The predicted molar refractivity (Wildman–Crippen MR) is 314 cm³/mol. The van der Waals surface area contributed by atoms with E-state index in [2.05, 4.69) is 62.4 Å². The van der Waals surface area contributed by atoms with Crippen LogP contribution in [0.1, 0.15) is 184 Å². The number of thiophene rings is 4. The summed E-state index contributed by atoms with van der Waals surface area (Å²) in [6.45, 7) is -3.37. The predicted octanol–water partition coefficient (Wildman–Crippen LogP) is 19.3. The minimum absolute atomic E-state index is 0.553. The van der Waals surface area contributed by atoms with E-state index in [9.17, 15) is 0 Å². The molecule has 74 heavy (non-hydrogen) atoms. The highest BCUT2D eigenvalue weighted by Gasteiger charge is 2.53. The van der Waals surface area contributed by atoms with Crippen molar-refractivity contribution in [1.29, 1.82) is 0 Å². The molecule has 0 atom stereocenters. The highest BCUT2D eigenvalue weighted by molar-refractivity contribution is 7.24. The quantitative estimate of drug-likeness (QED) is 0.0264. The van der Waals surface area contributed by atoms with Gasteiger partial charge in [-0.05, 0) is 122 Å². The van der Waals surface area contributed by atoms with Gasteiger partial charge in [-0.15, -0.1) is 45.3 Å². The second-order valence-electron chi connectivity index (χ2n) is 20.7. The van der Waals surface area contributed by atoms with Gasteiger partial charge in [-0.2, -0.15) is 0 Å². The first kappa shape index (κ1) is 52.7. The average molecular weight is 1070 g/mol. The first-order chi connectivity index (χ1) is 36.2. The van der Waals surface area contributed by atoms with Gasteiger partial charge in [0.2, 0.25) is 0 Å². The maximum Gasteiger partial charge on any atom is 0.737 e. The molecule has 0 saturated heterocycles. The molecule has 4 nitrogen and oxygen atoms in total. The summed E-state index contributed by atoms with van der Waals surface area (Å²) in [5.74, 6) is 0. The summed E-state index contributed by atoms with van der Waals surface area (Å²) in [5, 5.41) is 0. The van der Waals surface area contributed by atoms with Crippen LogP contribution in [-0.2, 0) is 12.8 Å². The summed E-state index contributed by atoms with van der Waals surface area (Å²) in [7, 11) is 0. The monoisotopic (exact) mass is 1070 g/mol.